The number of hydrogen-bond donors (Lipinski definition) is 1. The van der Waals surface area contributed by atoms with Gasteiger partial charge in [0, 0.05) is 36.8 Å². The minimum Gasteiger partial charge on any atom is -0.319 e. The predicted molar refractivity (Wildman–Crippen MR) is 106 cm³/mol. The molecular formula is C19H21ClN6O. The lowest BCUT2D eigenvalue weighted by molar-refractivity contribution is -0.111. The van der Waals surface area contributed by atoms with Crippen LogP contribution in [0.3, 0.4) is 0 Å². The third-order valence-corrected chi connectivity index (χ3v) is 4.21. The van der Waals surface area contributed by atoms with Crippen LogP contribution >= 0.6 is 11.6 Å². The van der Waals surface area contributed by atoms with E-state index in [1.54, 1.807) is 52.2 Å². The molecule has 1 amide bonds. The molecule has 3 aromatic heterocycles. The van der Waals surface area contributed by atoms with Gasteiger partial charge < -0.3 is 5.32 Å². The van der Waals surface area contributed by atoms with Gasteiger partial charge in [0.05, 0.1) is 11.4 Å². The normalized spacial score (nSPS) is 11.4. The van der Waals surface area contributed by atoms with Crippen LogP contribution in [0, 0.1) is 12.8 Å². The summed E-state index contributed by atoms with van der Waals surface area (Å²) >= 11 is 6.41. The number of halogens is 1. The number of carbonyl (C=O) groups is 1. The molecule has 0 unspecified atom stereocenters. The molecule has 1 N–H and O–H groups in total. The second kappa shape index (κ2) is 8.18. The molecule has 0 aromatic carbocycles. The quantitative estimate of drug-likeness (QED) is 0.657. The molecule has 0 atom stereocenters. The molecule has 0 aliphatic carbocycles. The van der Waals surface area contributed by atoms with Gasteiger partial charge >= 0.3 is 0 Å². The summed E-state index contributed by atoms with van der Waals surface area (Å²) in [6.07, 6.45) is 8.19. The van der Waals surface area contributed by atoms with Gasteiger partial charge in [0.2, 0.25) is 5.91 Å². The van der Waals surface area contributed by atoms with Gasteiger partial charge in [-0.05, 0) is 37.1 Å². The van der Waals surface area contributed by atoms with Gasteiger partial charge in [-0.25, -0.2) is 9.67 Å². The summed E-state index contributed by atoms with van der Waals surface area (Å²) < 4.78 is 3.35. The molecule has 0 saturated heterocycles. The maximum Gasteiger partial charge on any atom is 0.248 e. The van der Waals surface area contributed by atoms with Crippen LogP contribution in [-0.2, 0) is 11.3 Å². The maximum atomic E-state index is 12.4. The highest BCUT2D eigenvalue weighted by Crippen LogP contribution is 2.22. The summed E-state index contributed by atoms with van der Waals surface area (Å²) in [6, 6.07) is 5.32. The van der Waals surface area contributed by atoms with Crippen LogP contribution < -0.4 is 5.32 Å². The lowest BCUT2D eigenvalue weighted by atomic mass is 10.2. The third kappa shape index (κ3) is 4.43. The van der Waals surface area contributed by atoms with Crippen LogP contribution in [-0.4, -0.2) is 30.5 Å². The summed E-state index contributed by atoms with van der Waals surface area (Å²) in [6.45, 7) is 6.79. The number of carbonyl (C=O) groups excluding carboxylic acids is 1. The Hall–Kier alpha value is -2.93. The highest BCUT2D eigenvalue weighted by atomic mass is 35.5. The minimum atomic E-state index is -0.288. The van der Waals surface area contributed by atoms with E-state index < -0.39 is 0 Å². The van der Waals surface area contributed by atoms with E-state index in [2.05, 4.69) is 34.3 Å². The molecule has 0 spiro atoms. The Bertz CT molecular complexity index is 959. The molecule has 0 fully saturated rings. The average molecular weight is 385 g/mol. The largest absolute Gasteiger partial charge is 0.319 e. The average Bonchev–Trinajstić information content (AvgIpc) is 3.23. The van der Waals surface area contributed by atoms with Gasteiger partial charge in [0.15, 0.2) is 5.82 Å². The van der Waals surface area contributed by atoms with Gasteiger partial charge in [-0.15, -0.1) is 0 Å². The lowest BCUT2D eigenvalue weighted by Gasteiger charge is -2.08. The van der Waals surface area contributed by atoms with E-state index in [4.69, 9.17) is 11.6 Å². The Balaban J connectivity index is 1.77. The summed E-state index contributed by atoms with van der Waals surface area (Å²) in [4.78, 5) is 16.7. The molecular weight excluding hydrogens is 364 g/mol. The highest BCUT2D eigenvalue weighted by molar-refractivity contribution is 6.31. The number of aromatic nitrogens is 5. The van der Waals surface area contributed by atoms with Crippen molar-refractivity contribution < 1.29 is 4.79 Å². The lowest BCUT2D eigenvalue weighted by Crippen LogP contribution is -2.12. The number of anilines is 1. The van der Waals surface area contributed by atoms with Crippen molar-refractivity contribution in [1.82, 2.24) is 24.5 Å². The van der Waals surface area contributed by atoms with E-state index in [1.807, 2.05) is 6.92 Å². The standard InChI is InChI=1S/C19H21ClN6O/c1-13(2)12-26-18(20)15(14(3)24-26)7-8-17(27)23-16-6-4-9-21-19(16)25-11-5-10-22-25/h4-11,13H,12H2,1-3H3,(H,23,27)/b8-7+. The van der Waals surface area contributed by atoms with Crippen molar-refractivity contribution >= 4 is 29.3 Å². The van der Waals surface area contributed by atoms with Crippen LogP contribution in [0.1, 0.15) is 25.1 Å². The van der Waals surface area contributed by atoms with E-state index >= 15 is 0 Å². The molecule has 0 radical (unpaired) electrons. The summed E-state index contributed by atoms with van der Waals surface area (Å²) in [5.41, 5.74) is 2.09. The van der Waals surface area contributed by atoms with E-state index in [0.717, 1.165) is 17.8 Å². The Morgan fingerprint density at radius 2 is 2.15 bits per heavy atom. The minimum absolute atomic E-state index is 0.288. The molecule has 140 valence electrons. The molecule has 8 heteroatoms. The van der Waals surface area contributed by atoms with Gasteiger partial charge in [-0.1, -0.05) is 25.4 Å². The fourth-order valence-electron chi connectivity index (χ4n) is 2.63. The number of hydrogen-bond acceptors (Lipinski definition) is 4. The van der Waals surface area contributed by atoms with Crippen LogP contribution in [0.5, 0.6) is 0 Å². The number of rotatable bonds is 6. The molecule has 27 heavy (non-hydrogen) atoms. The summed E-state index contributed by atoms with van der Waals surface area (Å²) in [7, 11) is 0. The van der Waals surface area contributed by atoms with Gasteiger partial charge in [0.1, 0.15) is 5.15 Å². The second-order valence-corrected chi connectivity index (χ2v) is 6.87. The van der Waals surface area contributed by atoms with Crippen molar-refractivity contribution in [3.63, 3.8) is 0 Å². The SMILES string of the molecule is Cc1nn(CC(C)C)c(Cl)c1/C=C/C(=O)Nc1cccnc1-n1cccn1. The van der Waals surface area contributed by atoms with Gasteiger partial charge in [0.25, 0.3) is 0 Å². The molecule has 0 aliphatic heterocycles. The summed E-state index contributed by atoms with van der Waals surface area (Å²) in [5, 5.41) is 12.0. The van der Waals surface area contributed by atoms with Crippen molar-refractivity contribution in [2.24, 2.45) is 5.92 Å². The van der Waals surface area contributed by atoms with Gasteiger partial charge in [-0.2, -0.15) is 10.2 Å². The fraction of sp³-hybridized carbons (Fsp3) is 0.263. The molecule has 3 rings (SSSR count). The van der Waals surface area contributed by atoms with Crippen molar-refractivity contribution in [1.29, 1.82) is 0 Å². The molecule has 7 nitrogen and oxygen atoms in total. The van der Waals surface area contributed by atoms with E-state index in [1.165, 1.54) is 6.08 Å². The number of pyridine rings is 1. The number of nitrogens with one attached hydrogen (secondary N) is 1. The number of aryl methyl sites for hydroxylation is 1. The zero-order valence-corrected chi connectivity index (χ0v) is 16.2. The van der Waals surface area contributed by atoms with E-state index in [9.17, 15) is 4.79 Å². The molecule has 3 aromatic rings. The Labute approximate surface area is 162 Å². The predicted octanol–water partition coefficient (Wildman–Crippen LogP) is 3.73. The molecule has 0 bridgehead atoms. The zero-order chi connectivity index (χ0) is 19.4. The fourth-order valence-corrected chi connectivity index (χ4v) is 2.93. The molecule has 0 saturated carbocycles. The Morgan fingerprint density at radius 1 is 1.33 bits per heavy atom. The highest BCUT2D eigenvalue weighted by Gasteiger charge is 2.13. The van der Waals surface area contributed by atoms with Crippen molar-refractivity contribution in [3.05, 3.63) is 59.3 Å². The molecule has 0 aliphatic rings. The third-order valence-electron chi connectivity index (χ3n) is 3.81. The van der Waals surface area contributed by atoms with E-state index in [-0.39, 0.29) is 5.91 Å². The first-order valence-corrected chi connectivity index (χ1v) is 9.00. The van der Waals surface area contributed by atoms with Crippen molar-refractivity contribution in [2.75, 3.05) is 5.32 Å². The van der Waals surface area contributed by atoms with Crippen molar-refractivity contribution in [2.45, 2.75) is 27.3 Å². The van der Waals surface area contributed by atoms with E-state index in [0.29, 0.717) is 22.6 Å². The zero-order valence-electron chi connectivity index (χ0n) is 15.4. The van der Waals surface area contributed by atoms with Crippen LogP contribution in [0.25, 0.3) is 11.9 Å². The maximum absolute atomic E-state index is 12.4. The smallest absolute Gasteiger partial charge is 0.248 e. The summed E-state index contributed by atoms with van der Waals surface area (Å²) in [5.74, 6) is 0.680. The second-order valence-electron chi connectivity index (χ2n) is 6.51. The topological polar surface area (TPSA) is 77.6 Å². The van der Waals surface area contributed by atoms with Crippen LogP contribution in [0.15, 0.2) is 42.9 Å². The first-order valence-electron chi connectivity index (χ1n) is 8.62. The van der Waals surface area contributed by atoms with Gasteiger partial charge in [-0.3, -0.25) is 9.48 Å². The molecule has 3 heterocycles. The number of nitrogens with zero attached hydrogens (tertiary/aromatic N) is 5. The first-order chi connectivity index (χ1) is 13.0. The Morgan fingerprint density at radius 3 is 2.85 bits per heavy atom. The monoisotopic (exact) mass is 384 g/mol. The van der Waals surface area contributed by atoms with Crippen molar-refractivity contribution in [3.8, 4) is 5.82 Å². The number of amides is 1. The van der Waals surface area contributed by atoms with Crippen LogP contribution in [0.4, 0.5) is 5.69 Å². The Kier molecular flexibility index (Phi) is 5.71. The first kappa shape index (κ1) is 18.8. The van der Waals surface area contributed by atoms with Crippen LogP contribution in [0.2, 0.25) is 5.15 Å².